The first-order chi connectivity index (χ1) is 15.9. The molecule has 0 saturated carbocycles. The number of carbonyl (C=O) groups is 2. The zero-order chi connectivity index (χ0) is 24.0. The molecule has 1 unspecified atom stereocenters. The fraction of sp³-hybridized carbons (Fsp3) is 0.400. The number of benzene rings is 1. The molecule has 1 aliphatic carbocycles. The molecule has 1 aliphatic rings. The Morgan fingerprint density at radius 1 is 1.27 bits per heavy atom. The number of amides is 1. The first-order valence-corrected chi connectivity index (χ1v) is 11.8. The van der Waals surface area contributed by atoms with Gasteiger partial charge in [0.2, 0.25) is 0 Å². The van der Waals surface area contributed by atoms with Crippen LogP contribution in [-0.2, 0) is 16.0 Å². The summed E-state index contributed by atoms with van der Waals surface area (Å²) in [4.78, 5) is 26.8. The van der Waals surface area contributed by atoms with Crippen LogP contribution in [0.25, 0.3) is 6.08 Å². The lowest BCUT2D eigenvalue weighted by molar-refractivity contribution is -0.112. The van der Waals surface area contributed by atoms with Crippen LogP contribution in [-0.4, -0.2) is 32.2 Å². The maximum Gasteiger partial charge on any atom is 0.341 e. The molecule has 1 heterocycles. The molecule has 1 N–H and O–H groups in total. The van der Waals surface area contributed by atoms with Gasteiger partial charge in [0.1, 0.15) is 16.6 Å². The molecule has 1 atom stereocenters. The van der Waals surface area contributed by atoms with Gasteiger partial charge < -0.3 is 19.5 Å². The van der Waals surface area contributed by atoms with Crippen LogP contribution in [0.2, 0.25) is 0 Å². The first-order valence-electron chi connectivity index (χ1n) is 11.0. The fourth-order valence-electron chi connectivity index (χ4n) is 3.94. The van der Waals surface area contributed by atoms with Crippen molar-refractivity contribution < 1.29 is 23.8 Å². The van der Waals surface area contributed by atoms with Gasteiger partial charge in [0.15, 0.2) is 11.5 Å². The minimum atomic E-state index is -0.581. The molecular formula is C25H28N2O5S. The number of nitrogens with zero attached hydrogens (tertiary/aromatic N) is 1. The molecule has 1 aromatic heterocycles. The van der Waals surface area contributed by atoms with E-state index < -0.39 is 11.9 Å². The number of ether oxygens (including phenoxy) is 3. The third-order valence-corrected chi connectivity index (χ3v) is 6.61. The van der Waals surface area contributed by atoms with Crippen LogP contribution < -0.4 is 14.8 Å². The number of thiophene rings is 1. The Hall–Kier alpha value is -3.31. The Kier molecular flexibility index (Phi) is 8.12. The second-order valence-electron chi connectivity index (χ2n) is 7.62. The van der Waals surface area contributed by atoms with E-state index in [0.717, 1.165) is 29.7 Å². The minimum absolute atomic E-state index is 0.0876. The number of nitrogens with one attached hydrogen (secondary N) is 1. The zero-order valence-corrected chi connectivity index (χ0v) is 20.1. The SMILES string of the molecule is CCOC(=O)c1c(NC(=O)/C(C#N)=C/c2ccc(OCC)c(OC)c2)sc2c1C(C)CCC2. The Balaban J connectivity index is 1.93. The van der Waals surface area contributed by atoms with E-state index in [1.54, 1.807) is 25.1 Å². The van der Waals surface area contributed by atoms with Crippen LogP contribution in [0.3, 0.4) is 0 Å². The van der Waals surface area contributed by atoms with E-state index >= 15 is 0 Å². The predicted octanol–water partition coefficient (Wildman–Crippen LogP) is 5.32. The Morgan fingerprint density at radius 2 is 2.06 bits per heavy atom. The van der Waals surface area contributed by atoms with Crippen molar-refractivity contribution >= 4 is 34.3 Å². The van der Waals surface area contributed by atoms with Gasteiger partial charge in [-0.25, -0.2) is 4.79 Å². The molecule has 3 rings (SSSR count). The van der Waals surface area contributed by atoms with Crippen LogP contribution >= 0.6 is 11.3 Å². The molecule has 0 saturated heterocycles. The maximum absolute atomic E-state index is 13.0. The van der Waals surface area contributed by atoms with E-state index in [1.807, 2.05) is 13.0 Å². The second-order valence-corrected chi connectivity index (χ2v) is 8.73. The Morgan fingerprint density at radius 3 is 2.73 bits per heavy atom. The first kappa shape index (κ1) is 24.3. The van der Waals surface area contributed by atoms with Crippen LogP contribution in [0.5, 0.6) is 11.5 Å². The molecule has 0 spiro atoms. The number of fused-ring (bicyclic) bond motifs is 1. The van der Waals surface area contributed by atoms with E-state index in [2.05, 4.69) is 12.2 Å². The van der Waals surface area contributed by atoms with E-state index in [1.165, 1.54) is 24.5 Å². The van der Waals surface area contributed by atoms with E-state index in [9.17, 15) is 14.9 Å². The summed E-state index contributed by atoms with van der Waals surface area (Å²) in [5.74, 6) is 0.266. The second kappa shape index (κ2) is 11.0. The lowest BCUT2D eigenvalue weighted by Crippen LogP contribution is -2.17. The van der Waals surface area contributed by atoms with Crippen molar-refractivity contribution in [2.45, 2.75) is 46.0 Å². The number of rotatable bonds is 8. The molecule has 2 aromatic rings. The van der Waals surface area contributed by atoms with Gasteiger partial charge >= 0.3 is 5.97 Å². The third-order valence-electron chi connectivity index (χ3n) is 5.43. The zero-order valence-electron chi connectivity index (χ0n) is 19.3. The number of anilines is 1. The predicted molar refractivity (Wildman–Crippen MR) is 128 cm³/mol. The molecule has 0 fully saturated rings. The summed E-state index contributed by atoms with van der Waals surface area (Å²) >= 11 is 1.39. The van der Waals surface area contributed by atoms with Gasteiger partial charge in [0.05, 0.1) is 25.9 Å². The van der Waals surface area contributed by atoms with Gasteiger partial charge in [-0.3, -0.25) is 4.79 Å². The highest BCUT2D eigenvalue weighted by Gasteiger charge is 2.31. The number of methoxy groups -OCH3 is 1. The molecule has 0 aliphatic heterocycles. The van der Waals surface area contributed by atoms with Crippen molar-refractivity contribution in [2.24, 2.45) is 0 Å². The highest BCUT2D eigenvalue weighted by Crippen LogP contribution is 2.44. The lowest BCUT2D eigenvalue weighted by atomic mass is 9.86. The minimum Gasteiger partial charge on any atom is -0.493 e. The number of nitriles is 1. The highest BCUT2D eigenvalue weighted by atomic mass is 32.1. The molecule has 0 radical (unpaired) electrons. The topological polar surface area (TPSA) is 97.7 Å². The van der Waals surface area contributed by atoms with Crippen LogP contribution in [0, 0.1) is 11.3 Å². The Labute approximate surface area is 198 Å². The molecule has 1 aromatic carbocycles. The number of hydrogen-bond donors (Lipinski definition) is 1. The average molecular weight is 469 g/mol. The number of esters is 1. The lowest BCUT2D eigenvalue weighted by Gasteiger charge is -2.19. The van der Waals surface area contributed by atoms with Gasteiger partial charge in [-0.2, -0.15) is 5.26 Å². The molecule has 8 heteroatoms. The summed E-state index contributed by atoms with van der Waals surface area (Å²) in [6.07, 6.45) is 4.35. The third kappa shape index (κ3) is 5.37. The molecule has 33 heavy (non-hydrogen) atoms. The van der Waals surface area contributed by atoms with Crippen LogP contribution in [0.1, 0.15) is 65.9 Å². The van der Waals surface area contributed by atoms with Crippen LogP contribution in [0.15, 0.2) is 23.8 Å². The van der Waals surface area contributed by atoms with Gasteiger partial charge in [0.25, 0.3) is 5.91 Å². The number of aryl methyl sites for hydroxylation is 1. The van der Waals surface area contributed by atoms with E-state index in [4.69, 9.17) is 14.2 Å². The van der Waals surface area contributed by atoms with Crippen molar-refractivity contribution in [3.63, 3.8) is 0 Å². The highest BCUT2D eigenvalue weighted by molar-refractivity contribution is 7.17. The Bertz CT molecular complexity index is 1110. The van der Waals surface area contributed by atoms with E-state index in [0.29, 0.717) is 34.2 Å². The van der Waals surface area contributed by atoms with Crippen molar-refractivity contribution in [2.75, 3.05) is 25.6 Å². The smallest absolute Gasteiger partial charge is 0.341 e. The number of hydrogen-bond acceptors (Lipinski definition) is 7. The summed E-state index contributed by atoms with van der Waals surface area (Å²) in [6.45, 7) is 6.44. The molecule has 174 valence electrons. The number of carbonyl (C=O) groups excluding carboxylic acids is 2. The van der Waals surface area contributed by atoms with E-state index in [-0.39, 0.29) is 18.1 Å². The quantitative estimate of drug-likeness (QED) is 0.320. The summed E-state index contributed by atoms with van der Waals surface area (Å²) in [5, 5.41) is 12.9. The molecule has 0 bridgehead atoms. The summed E-state index contributed by atoms with van der Waals surface area (Å²) < 4.78 is 16.1. The fourth-order valence-corrected chi connectivity index (χ4v) is 5.28. The normalized spacial score (nSPS) is 15.2. The van der Waals surface area contributed by atoms with Crippen molar-refractivity contribution in [1.29, 1.82) is 5.26 Å². The summed E-state index contributed by atoms with van der Waals surface area (Å²) in [5.41, 5.74) is 1.90. The molecule has 1 amide bonds. The van der Waals surface area contributed by atoms with Crippen molar-refractivity contribution in [3.05, 3.63) is 45.3 Å². The molecular weight excluding hydrogens is 440 g/mol. The maximum atomic E-state index is 13.0. The average Bonchev–Trinajstić information content (AvgIpc) is 3.17. The standard InChI is InChI=1S/C25H28N2O5S/c1-5-31-18-11-10-16(13-19(18)30-4)12-17(14-26)23(28)27-24-22(25(29)32-6-2)21-15(3)8-7-9-20(21)33-24/h10-13,15H,5-9H2,1-4H3,(H,27,28)/b17-12+. The summed E-state index contributed by atoms with van der Waals surface area (Å²) in [6, 6.07) is 7.13. The van der Waals surface area contributed by atoms with Crippen LogP contribution in [0.4, 0.5) is 5.00 Å². The van der Waals surface area contributed by atoms with Gasteiger partial charge in [-0.1, -0.05) is 13.0 Å². The monoisotopic (exact) mass is 468 g/mol. The summed E-state index contributed by atoms with van der Waals surface area (Å²) in [7, 11) is 1.53. The van der Waals surface area contributed by atoms with Gasteiger partial charge in [-0.15, -0.1) is 11.3 Å². The van der Waals surface area contributed by atoms with Crippen molar-refractivity contribution in [3.8, 4) is 17.6 Å². The van der Waals surface area contributed by atoms with Crippen molar-refractivity contribution in [1.82, 2.24) is 0 Å². The van der Waals surface area contributed by atoms with Gasteiger partial charge in [-0.05, 0) is 68.4 Å². The molecule has 7 nitrogen and oxygen atoms in total. The van der Waals surface area contributed by atoms with Gasteiger partial charge in [0, 0.05) is 4.88 Å². The largest absolute Gasteiger partial charge is 0.493 e.